The van der Waals surface area contributed by atoms with Gasteiger partial charge in [0.1, 0.15) is 0 Å². The summed E-state index contributed by atoms with van der Waals surface area (Å²) in [6.07, 6.45) is 2.86. The van der Waals surface area contributed by atoms with Gasteiger partial charge in [-0.05, 0) is 52.4 Å². The largest absolute Gasteiger partial charge is 0.288 e. The summed E-state index contributed by atoms with van der Waals surface area (Å²) in [4.78, 5) is 14.3. The molecule has 1 aromatic heterocycles. The Morgan fingerprint density at radius 3 is 3.06 bits per heavy atom. The van der Waals surface area contributed by atoms with E-state index in [4.69, 9.17) is 17.1 Å². The van der Waals surface area contributed by atoms with Crippen LogP contribution in [0, 0.1) is 0 Å². The van der Waals surface area contributed by atoms with Gasteiger partial charge in [-0.1, -0.05) is 11.6 Å². The monoisotopic (exact) mass is 263 g/mol. The second kappa shape index (κ2) is 5.01. The Morgan fingerprint density at radius 2 is 2.29 bits per heavy atom. The van der Waals surface area contributed by atoms with Crippen LogP contribution in [0.5, 0.6) is 0 Å². The predicted molar refractivity (Wildman–Crippen MR) is 70.0 cm³/mol. The van der Waals surface area contributed by atoms with Crippen LogP contribution in [0.15, 0.2) is 35.5 Å². The third-order valence-electron chi connectivity index (χ3n) is 2.03. The zero-order valence-corrected chi connectivity index (χ0v) is 10.1. The molecule has 0 fully saturated rings. The summed E-state index contributed by atoms with van der Waals surface area (Å²) in [7, 11) is 0. The van der Waals surface area contributed by atoms with Crippen LogP contribution >= 0.6 is 22.9 Å². The Kier molecular flexibility index (Phi) is 3.44. The molecule has 0 aliphatic heterocycles. The quantitative estimate of drug-likeness (QED) is 0.343. The van der Waals surface area contributed by atoms with Crippen molar-refractivity contribution < 1.29 is 4.79 Å². The van der Waals surface area contributed by atoms with Gasteiger partial charge in [-0.15, -0.1) is 11.3 Å². The van der Waals surface area contributed by atoms with Gasteiger partial charge in [0.25, 0.3) is 0 Å². The third kappa shape index (κ3) is 2.85. The number of azide groups is 1. The fourth-order valence-corrected chi connectivity index (χ4v) is 2.48. The average Bonchev–Trinajstić information content (AvgIpc) is 2.68. The van der Waals surface area contributed by atoms with Crippen LogP contribution in [-0.4, -0.2) is 5.91 Å². The smallest absolute Gasteiger partial charge is 0.242 e. The molecule has 0 spiro atoms. The topological polar surface area (TPSA) is 65.8 Å². The first-order chi connectivity index (χ1) is 8.19. The zero-order valence-electron chi connectivity index (χ0n) is 8.50. The van der Waals surface area contributed by atoms with Gasteiger partial charge in [-0.2, -0.15) is 0 Å². The highest BCUT2D eigenvalue weighted by molar-refractivity contribution is 7.19. The molecule has 1 amide bonds. The standard InChI is InChI=1S/C11H6ClN3OS/c12-8-1-3-10-7(5-8)6-9(17-10)2-4-11(16)14-15-13/h1-6H/b4-2+. The van der Waals surface area contributed by atoms with Gasteiger partial charge < -0.3 is 0 Å². The summed E-state index contributed by atoms with van der Waals surface area (Å²) in [5.41, 5.74) is 8.07. The minimum Gasteiger partial charge on any atom is -0.288 e. The van der Waals surface area contributed by atoms with Gasteiger partial charge in [-0.25, -0.2) is 0 Å². The van der Waals surface area contributed by atoms with Gasteiger partial charge in [0.05, 0.1) is 0 Å². The van der Waals surface area contributed by atoms with Crippen LogP contribution < -0.4 is 0 Å². The molecule has 6 heteroatoms. The van der Waals surface area contributed by atoms with Gasteiger partial charge in [0.2, 0.25) is 5.91 Å². The van der Waals surface area contributed by atoms with Crippen LogP contribution in [0.3, 0.4) is 0 Å². The molecule has 0 bridgehead atoms. The molecule has 0 aliphatic carbocycles. The number of halogens is 1. The number of hydrogen-bond acceptors (Lipinski definition) is 2. The van der Waals surface area contributed by atoms with E-state index in [9.17, 15) is 4.79 Å². The Bertz CT molecular complexity index is 656. The number of fused-ring (bicyclic) bond motifs is 1. The van der Waals surface area contributed by atoms with Crippen molar-refractivity contribution in [1.82, 2.24) is 0 Å². The first-order valence-corrected chi connectivity index (χ1v) is 5.85. The molecule has 0 saturated carbocycles. The van der Waals surface area contributed by atoms with Crippen molar-refractivity contribution in [2.24, 2.45) is 5.11 Å². The molecule has 0 radical (unpaired) electrons. The SMILES string of the molecule is [N-]=[N+]=NC(=O)/C=C/c1cc2cc(Cl)ccc2s1. The molecular formula is C11H6ClN3OS. The second-order valence-electron chi connectivity index (χ2n) is 3.19. The minimum atomic E-state index is -0.608. The number of hydrogen-bond donors (Lipinski definition) is 0. The van der Waals surface area contributed by atoms with Crippen molar-refractivity contribution in [3.63, 3.8) is 0 Å². The fourth-order valence-electron chi connectivity index (χ4n) is 1.35. The number of nitrogens with zero attached hydrogens (tertiary/aromatic N) is 3. The number of benzene rings is 1. The maximum absolute atomic E-state index is 11.0. The Hall–Kier alpha value is -1.81. The van der Waals surface area contributed by atoms with E-state index >= 15 is 0 Å². The van der Waals surface area contributed by atoms with Crippen LogP contribution in [0.4, 0.5) is 0 Å². The lowest BCUT2D eigenvalue weighted by Gasteiger charge is -1.87. The highest BCUT2D eigenvalue weighted by atomic mass is 35.5. The Labute approximate surface area is 106 Å². The third-order valence-corrected chi connectivity index (χ3v) is 3.35. The highest BCUT2D eigenvalue weighted by Crippen LogP contribution is 2.28. The first-order valence-electron chi connectivity index (χ1n) is 4.65. The molecule has 0 saturated heterocycles. The molecule has 0 N–H and O–H groups in total. The van der Waals surface area contributed by atoms with E-state index in [1.54, 1.807) is 6.08 Å². The molecule has 1 aromatic carbocycles. The summed E-state index contributed by atoms with van der Waals surface area (Å²) in [5.74, 6) is -0.608. The van der Waals surface area contributed by atoms with E-state index in [1.165, 1.54) is 17.4 Å². The van der Waals surface area contributed by atoms with Gasteiger partial charge in [-0.3, -0.25) is 4.79 Å². The van der Waals surface area contributed by atoms with E-state index in [-0.39, 0.29) is 0 Å². The van der Waals surface area contributed by atoms with E-state index < -0.39 is 5.91 Å². The summed E-state index contributed by atoms with van der Waals surface area (Å²) in [6, 6.07) is 7.53. The van der Waals surface area contributed by atoms with Crippen molar-refractivity contribution in [1.29, 1.82) is 0 Å². The molecular weight excluding hydrogens is 258 g/mol. The number of rotatable bonds is 2. The maximum atomic E-state index is 11.0. The molecule has 2 aromatic rings. The summed E-state index contributed by atoms with van der Waals surface area (Å²) in [6.45, 7) is 0. The molecule has 17 heavy (non-hydrogen) atoms. The first kappa shape index (κ1) is 11.7. The van der Waals surface area contributed by atoms with E-state index in [1.807, 2.05) is 24.3 Å². The van der Waals surface area contributed by atoms with Crippen molar-refractivity contribution >= 4 is 45.0 Å². The Balaban J connectivity index is 2.31. The summed E-state index contributed by atoms with van der Waals surface area (Å²) < 4.78 is 1.09. The van der Waals surface area contributed by atoms with Crippen molar-refractivity contribution in [3.05, 3.63) is 50.7 Å². The lowest BCUT2D eigenvalue weighted by molar-refractivity contribution is -0.113. The summed E-state index contributed by atoms with van der Waals surface area (Å²) in [5, 5.41) is 4.65. The minimum absolute atomic E-state index is 0.608. The molecule has 1 heterocycles. The van der Waals surface area contributed by atoms with Crippen LogP contribution in [0.1, 0.15) is 4.88 Å². The van der Waals surface area contributed by atoms with Gasteiger partial charge >= 0.3 is 0 Å². The molecule has 2 rings (SSSR count). The van der Waals surface area contributed by atoms with Gasteiger partial charge in [0, 0.05) is 19.5 Å². The Morgan fingerprint density at radius 1 is 1.47 bits per heavy atom. The molecule has 4 nitrogen and oxygen atoms in total. The summed E-state index contributed by atoms with van der Waals surface area (Å²) >= 11 is 7.41. The molecule has 0 aliphatic rings. The normalized spacial score (nSPS) is 10.6. The molecule has 0 unspecified atom stereocenters. The van der Waals surface area contributed by atoms with Crippen LogP contribution in [0.25, 0.3) is 26.6 Å². The van der Waals surface area contributed by atoms with E-state index in [0.29, 0.717) is 5.02 Å². The molecule has 84 valence electrons. The average molecular weight is 264 g/mol. The van der Waals surface area contributed by atoms with Crippen molar-refractivity contribution in [2.45, 2.75) is 0 Å². The lowest BCUT2D eigenvalue weighted by Crippen LogP contribution is -1.80. The van der Waals surface area contributed by atoms with E-state index in [0.717, 1.165) is 15.0 Å². The maximum Gasteiger partial charge on any atom is 0.242 e. The fraction of sp³-hybridized carbons (Fsp3) is 0. The highest BCUT2D eigenvalue weighted by Gasteiger charge is 2.00. The lowest BCUT2D eigenvalue weighted by atomic mass is 10.2. The number of amides is 1. The van der Waals surface area contributed by atoms with Crippen LogP contribution in [0.2, 0.25) is 5.02 Å². The predicted octanol–water partition coefficient (Wildman–Crippen LogP) is 4.40. The number of thiophene rings is 1. The zero-order chi connectivity index (χ0) is 12.3. The van der Waals surface area contributed by atoms with Crippen LogP contribution in [-0.2, 0) is 4.79 Å². The second-order valence-corrected chi connectivity index (χ2v) is 4.74. The number of carbonyl (C=O) groups is 1. The van der Waals surface area contributed by atoms with Crippen molar-refractivity contribution in [3.8, 4) is 0 Å². The van der Waals surface area contributed by atoms with Gasteiger partial charge in [0.15, 0.2) is 0 Å². The molecule has 0 atom stereocenters. The van der Waals surface area contributed by atoms with E-state index in [2.05, 4.69) is 10.0 Å². The van der Waals surface area contributed by atoms with Crippen molar-refractivity contribution in [2.75, 3.05) is 0 Å². The number of carbonyl (C=O) groups excluding carboxylic acids is 1.